The van der Waals surface area contributed by atoms with Crippen LogP contribution in [0.1, 0.15) is 75.3 Å². The van der Waals surface area contributed by atoms with Crippen LogP contribution in [0.25, 0.3) is 11.3 Å². The Kier molecular flexibility index (Phi) is 10.0. The topological polar surface area (TPSA) is 136 Å². The maximum atomic E-state index is 14.4. The summed E-state index contributed by atoms with van der Waals surface area (Å²) in [5.74, 6) is 0.918. The van der Waals surface area contributed by atoms with E-state index in [9.17, 15) is 13.2 Å². The molecule has 1 N–H and O–H groups in total. The zero-order valence-electron chi connectivity index (χ0n) is 28.8. The lowest BCUT2D eigenvalue weighted by molar-refractivity contribution is 0.0505. The van der Waals surface area contributed by atoms with Crippen molar-refractivity contribution in [1.29, 1.82) is 0 Å². The molecule has 1 aliphatic heterocycles. The lowest BCUT2D eigenvalue weighted by atomic mass is 9.87. The molecule has 5 rings (SSSR count). The predicted octanol–water partition coefficient (Wildman–Crippen LogP) is 6.61. The van der Waals surface area contributed by atoms with Gasteiger partial charge in [0.25, 0.3) is 15.9 Å². The standard InChI is InChI=1S/C36H44N6O5S/c1-22(2)25(5)47-28-18-37-31(38-19-28)20-42-27(17-36(6,7)8)21-46-32-16-30(33-23(3)11-9-12-24(33)4)39-35(40-32)41-48(44,45)29-14-10-13-26(15-29)34(42)43/h9-16,18-19,22,25,27H,17,20-21H2,1-8H3,(H,39,40,41)/t25-,27+/m0/s1. The molecule has 2 aromatic carbocycles. The summed E-state index contributed by atoms with van der Waals surface area (Å²) in [6.07, 6.45) is 3.75. The monoisotopic (exact) mass is 672 g/mol. The van der Waals surface area contributed by atoms with Crippen LogP contribution in [0.2, 0.25) is 0 Å². The van der Waals surface area contributed by atoms with Crippen molar-refractivity contribution in [2.75, 3.05) is 11.3 Å². The van der Waals surface area contributed by atoms with E-state index in [2.05, 4.69) is 59.3 Å². The fraction of sp³-hybridized carbons (Fsp3) is 0.417. The molecular weight excluding hydrogens is 629 g/mol. The minimum atomic E-state index is -4.18. The third-order valence-corrected chi connectivity index (χ3v) is 9.61. The lowest BCUT2D eigenvalue weighted by Gasteiger charge is -2.35. The van der Waals surface area contributed by atoms with Gasteiger partial charge in [0.05, 0.1) is 41.7 Å². The van der Waals surface area contributed by atoms with Gasteiger partial charge >= 0.3 is 0 Å². The number of fused-ring (bicyclic) bond motifs is 4. The molecular formula is C36H44N6O5S. The smallest absolute Gasteiger partial charge is 0.264 e. The number of aromatic nitrogens is 4. The largest absolute Gasteiger partial charge is 0.487 e. The molecule has 254 valence electrons. The van der Waals surface area contributed by atoms with Crippen LogP contribution >= 0.6 is 0 Å². The van der Waals surface area contributed by atoms with E-state index in [-0.39, 0.29) is 52.9 Å². The Balaban J connectivity index is 1.61. The summed E-state index contributed by atoms with van der Waals surface area (Å²) in [5.41, 5.74) is 3.30. The molecule has 0 fully saturated rings. The van der Waals surface area contributed by atoms with E-state index in [4.69, 9.17) is 9.47 Å². The van der Waals surface area contributed by atoms with E-state index in [1.807, 2.05) is 39.0 Å². The van der Waals surface area contributed by atoms with Gasteiger partial charge in [-0.1, -0.05) is 58.9 Å². The molecule has 4 aromatic rings. The van der Waals surface area contributed by atoms with Crippen LogP contribution in [-0.4, -0.2) is 57.9 Å². The predicted molar refractivity (Wildman–Crippen MR) is 184 cm³/mol. The fourth-order valence-electron chi connectivity index (χ4n) is 5.54. The highest BCUT2D eigenvalue weighted by molar-refractivity contribution is 7.92. The van der Waals surface area contributed by atoms with Gasteiger partial charge in [0.15, 0.2) is 5.75 Å². The number of hydrogen-bond acceptors (Lipinski definition) is 9. The highest BCUT2D eigenvalue weighted by Crippen LogP contribution is 2.31. The number of hydrogen-bond donors (Lipinski definition) is 1. The summed E-state index contributed by atoms with van der Waals surface area (Å²) in [6, 6.07) is 13.1. The molecule has 0 unspecified atom stereocenters. The van der Waals surface area contributed by atoms with Gasteiger partial charge in [-0.25, -0.2) is 28.1 Å². The molecule has 1 aliphatic rings. The van der Waals surface area contributed by atoms with Crippen LogP contribution in [0, 0.1) is 25.2 Å². The highest BCUT2D eigenvalue weighted by atomic mass is 32.2. The Bertz CT molecular complexity index is 1870. The Morgan fingerprint density at radius 1 is 1.00 bits per heavy atom. The summed E-state index contributed by atoms with van der Waals surface area (Å²) in [7, 11) is -4.18. The summed E-state index contributed by atoms with van der Waals surface area (Å²) in [5, 5.41) is 0. The van der Waals surface area contributed by atoms with Crippen LogP contribution in [0.5, 0.6) is 11.6 Å². The molecule has 0 spiro atoms. The van der Waals surface area contributed by atoms with Gasteiger partial charge in [0.1, 0.15) is 12.4 Å². The number of nitrogens with one attached hydrogen (secondary N) is 1. The van der Waals surface area contributed by atoms with Crippen molar-refractivity contribution >= 4 is 21.9 Å². The third kappa shape index (κ3) is 8.28. The summed E-state index contributed by atoms with van der Waals surface area (Å²) in [4.78, 5) is 34.0. The van der Waals surface area contributed by atoms with E-state index < -0.39 is 16.1 Å². The molecule has 3 heterocycles. The Hall–Kier alpha value is -4.58. The van der Waals surface area contributed by atoms with Crippen LogP contribution in [0.15, 0.2) is 65.8 Å². The maximum absolute atomic E-state index is 14.4. The zero-order valence-corrected chi connectivity index (χ0v) is 29.6. The van der Waals surface area contributed by atoms with Gasteiger partial charge < -0.3 is 14.4 Å². The van der Waals surface area contributed by atoms with E-state index in [0.717, 1.165) is 16.7 Å². The first-order valence-electron chi connectivity index (χ1n) is 16.1. The zero-order chi connectivity index (χ0) is 34.8. The van der Waals surface area contributed by atoms with E-state index >= 15 is 0 Å². The number of sulfonamides is 1. The first kappa shape index (κ1) is 34.7. The number of ether oxygens (including phenoxy) is 2. The molecule has 0 saturated heterocycles. The third-order valence-electron chi connectivity index (χ3n) is 8.28. The van der Waals surface area contributed by atoms with Gasteiger partial charge in [-0.3, -0.25) is 4.79 Å². The number of nitrogens with zero attached hydrogens (tertiary/aromatic N) is 5. The first-order valence-corrected chi connectivity index (χ1v) is 17.6. The average molecular weight is 673 g/mol. The number of rotatable bonds is 7. The van der Waals surface area contributed by atoms with Crippen molar-refractivity contribution in [2.24, 2.45) is 11.3 Å². The van der Waals surface area contributed by atoms with Crippen LogP contribution in [0.4, 0.5) is 5.95 Å². The van der Waals surface area contributed by atoms with Crippen LogP contribution in [-0.2, 0) is 16.6 Å². The van der Waals surface area contributed by atoms with E-state index in [1.54, 1.807) is 35.5 Å². The number of aryl methyl sites for hydroxylation is 2. The van der Waals surface area contributed by atoms with Gasteiger partial charge in [-0.05, 0) is 67.9 Å². The SMILES string of the molecule is Cc1cccc(C)c1-c1cc2nc(n1)NS(=O)(=O)c1cccc(c1)C(=O)N(Cc1ncc(O[C@@H](C)C(C)C)cn1)[C@H](CC(C)(C)C)CO2. The number of carbonyl (C=O) groups excluding carboxylic acids is 1. The summed E-state index contributed by atoms with van der Waals surface area (Å²) in [6.45, 7) is 16.5. The van der Waals surface area contributed by atoms with Crippen molar-refractivity contribution in [1.82, 2.24) is 24.8 Å². The molecule has 2 atom stereocenters. The molecule has 11 nitrogen and oxygen atoms in total. The Labute approximate surface area is 283 Å². The van der Waals surface area contributed by atoms with E-state index in [0.29, 0.717) is 29.6 Å². The molecule has 2 aromatic heterocycles. The molecule has 1 amide bonds. The van der Waals surface area contributed by atoms with Gasteiger partial charge in [-0.2, -0.15) is 4.98 Å². The quantitative estimate of drug-likeness (QED) is 0.230. The molecule has 12 heteroatoms. The van der Waals surface area contributed by atoms with Gasteiger partial charge in [-0.15, -0.1) is 0 Å². The molecule has 0 saturated carbocycles. The second-order valence-electron chi connectivity index (χ2n) is 13.9. The molecule has 0 aliphatic carbocycles. The molecule has 0 radical (unpaired) electrons. The molecule has 48 heavy (non-hydrogen) atoms. The molecule has 4 bridgehead atoms. The second kappa shape index (κ2) is 13.9. The first-order chi connectivity index (χ1) is 22.6. The Morgan fingerprint density at radius 2 is 1.67 bits per heavy atom. The number of anilines is 1. The number of carbonyl (C=O) groups is 1. The normalized spacial score (nSPS) is 17.0. The van der Waals surface area contributed by atoms with Crippen LogP contribution < -0.4 is 14.2 Å². The van der Waals surface area contributed by atoms with Gasteiger partial charge in [0.2, 0.25) is 11.8 Å². The van der Waals surface area contributed by atoms with Crippen LogP contribution in [0.3, 0.4) is 0 Å². The second-order valence-corrected chi connectivity index (χ2v) is 15.6. The summed E-state index contributed by atoms with van der Waals surface area (Å²) >= 11 is 0. The van der Waals surface area contributed by atoms with Crippen molar-refractivity contribution in [3.63, 3.8) is 0 Å². The highest BCUT2D eigenvalue weighted by Gasteiger charge is 2.32. The minimum absolute atomic E-state index is 0.0240. The van der Waals surface area contributed by atoms with Crippen molar-refractivity contribution < 1.29 is 22.7 Å². The maximum Gasteiger partial charge on any atom is 0.264 e. The van der Waals surface area contributed by atoms with E-state index in [1.165, 1.54) is 12.1 Å². The summed E-state index contributed by atoms with van der Waals surface area (Å²) < 4.78 is 42.1. The average Bonchev–Trinajstić information content (AvgIpc) is 3.01. The van der Waals surface area contributed by atoms with Crippen molar-refractivity contribution in [3.05, 3.63) is 83.4 Å². The lowest BCUT2D eigenvalue weighted by Crippen LogP contribution is -2.45. The van der Waals surface area contributed by atoms with Crippen molar-refractivity contribution in [2.45, 2.75) is 85.4 Å². The minimum Gasteiger partial charge on any atom is -0.487 e. The van der Waals surface area contributed by atoms with Gasteiger partial charge in [0, 0.05) is 17.2 Å². The number of amides is 1. The fourth-order valence-corrected chi connectivity index (χ4v) is 6.52. The Morgan fingerprint density at radius 3 is 2.31 bits per heavy atom. The number of benzene rings is 2. The van der Waals surface area contributed by atoms with Crippen molar-refractivity contribution in [3.8, 4) is 22.9 Å².